The number of hydrogen-bond donors (Lipinski definition) is 0. The van der Waals surface area contributed by atoms with E-state index in [1.807, 2.05) is 13.0 Å². The summed E-state index contributed by atoms with van der Waals surface area (Å²) < 4.78 is 17.0. The number of rotatable bonds is 5. The van der Waals surface area contributed by atoms with E-state index < -0.39 is 0 Å². The molecule has 4 nitrogen and oxygen atoms in total. The number of benzene rings is 1. The third kappa shape index (κ3) is 2.76. The minimum atomic E-state index is 0.437. The summed E-state index contributed by atoms with van der Waals surface area (Å²) in [6, 6.07) is 6.68. The van der Waals surface area contributed by atoms with Crippen molar-refractivity contribution in [3.63, 3.8) is 0 Å². The number of nitrogens with zero attached hydrogens (tertiary/aromatic N) is 1. The van der Waals surface area contributed by atoms with Crippen LogP contribution >= 0.6 is 0 Å². The van der Waals surface area contributed by atoms with E-state index >= 15 is 0 Å². The summed E-state index contributed by atoms with van der Waals surface area (Å²) in [5.74, 6) is 1.84. The van der Waals surface area contributed by atoms with Crippen molar-refractivity contribution in [1.29, 1.82) is 0 Å². The minimum Gasteiger partial charge on any atom is -0.486 e. The van der Waals surface area contributed by atoms with Crippen LogP contribution in [0.1, 0.15) is 31.4 Å². The molecular weight excluding hydrogens is 254 g/mol. The lowest BCUT2D eigenvalue weighted by atomic mass is 10.0. The fourth-order valence-corrected chi connectivity index (χ4v) is 3.13. The number of ether oxygens (including phenoxy) is 3. The largest absolute Gasteiger partial charge is 0.486 e. The van der Waals surface area contributed by atoms with Crippen molar-refractivity contribution in [3.8, 4) is 11.5 Å². The molecule has 0 spiro atoms. The first kappa shape index (κ1) is 13.7. The smallest absolute Gasteiger partial charge is 0.166 e. The zero-order chi connectivity index (χ0) is 13.8. The molecule has 110 valence electrons. The molecule has 2 heterocycles. The van der Waals surface area contributed by atoms with Gasteiger partial charge in [0.05, 0.1) is 6.61 Å². The number of para-hydroxylation sites is 1. The SMILES string of the molecule is CCOCCN1CCCC1c1cccc2c1OCCO2. The van der Waals surface area contributed by atoms with Crippen LogP contribution in [0.15, 0.2) is 18.2 Å². The van der Waals surface area contributed by atoms with Gasteiger partial charge in [-0.2, -0.15) is 0 Å². The molecule has 1 atom stereocenters. The van der Waals surface area contributed by atoms with Gasteiger partial charge in [0.1, 0.15) is 13.2 Å². The quantitative estimate of drug-likeness (QED) is 0.774. The van der Waals surface area contributed by atoms with Crippen molar-refractivity contribution in [2.24, 2.45) is 0 Å². The minimum absolute atomic E-state index is 0.437. The highest BCUT2D eigenvalue weighted by atomic mass is 16.6. The number of fused-ring (bicyclic) bond motifs is 1. The third-order valence-electron chi connectivity index (χ3n) is 4.05. The van der Waals surface area contributed by atoms with Crippen molar-refractivity contribution in [2.45, 2.75) is 25.8 Å². The zero-order valence-electron chi connectivity index (χ0n) is 12.1. The van der Waals surface area contributed by atoms with Gasteiger partial charge in [-0.15, -0.1) is 0 Å². The van der Waals surface area contributed by atoms with Crippen LogP contribution < -0.4 is 9.47 Å². The molecule has 0 bridgehead atoms. The summed E-state index contributed by atoms with van der Waals surface area (Å²) in [4.78, 5) is 2.50. The highest BCUT2D eigenvalue weighted by Gasteiger charge is 2.30. The van der Waals surface area contributed by atoms with Crippen molar-refractivity contribution >= 4 is 0 Å². The van der Waals surface area contributed by atoms with E-state index in [0.717, 1.165) is 37.8 Å². The van der Waals surface area contributed by atoms with Gasteiger partial charge in [-0.3, -0.25) is 4.90 Å². The monoisotopic (exact) mass is 277 g/mol. The lowest BCUT2D eigenvalue weighted by molar-refractivity contribution is 0.107. The predicted octanol–water partition coefficient (Wildman–Crippen LogP) is 2.63. The summed E-state index contributed by atoms with van der Waals surface area (Å²) in [6.07, 6.45) is 2.42. The number of likely N-dealkylation sites (tertiary alicyclic amines) is 1. The fourth-order valence-electron chi connectivity index (χ4n) is 3.13. The van der Waals surface area contributed by atoms with E-state index in [0.29, 0.717) is 19.3 Å². The van der Waals surface area contributed by atoms with Gasteiger partial charge < -0.3 is 14.2 Å². The van der Waals surface area contributed by atoms with Crippen LogP contribution in [0.4, 0.5) is 0 Å². The second-order valence-electron chi connectivity index (χ2n) is 5.26. The molecule has 2 aliphatic rings. The maximum absolute atomic E-state index is 5.86. The van der Waals surface area contributed by atoms with Crippen LogP contribution in [0.3, 0.4) is 0 Å². The molecule has 0 amide bonds. The van der Waals surface area contributed by atoms with Crippen molar-refractivity contribution in [1.82, 2.24) is 4.90 Å². The van der Waals surface area contributed by atoms with Gasteiger partial charge >= 0.3 is 0 Å². The van der Waals surface area contributed by atoms with Crippen LogP contribution in [0.2, 0.25) is 0 Å². The first-order valence-electron chi connectivity index (χ1n) is 7.60. The Kier molecular flexibility index (Phi) is 4.43. The molecule has 0 saturated carbocycles. The standard InChI is InChI=1S/C16H23NO3/c1-2-18-10-9-17-8-4-6-14(17)13-5-3-7-15-16(13)20-12-11-19-15/h3,5,7,14H,2,4,6,8-12H2,1H3. The van der Waals surface area contributed by atoms with E-state index in [2.05, 4.69) is 17.0 Å². The van der Waals surface area contributed by atoms with Crippen LogP contribution in [0.5, 0.6) is 11.5 Å². The highest BCUT2D eigenvalue weighted by molar-refractivity contribution is 5.49. The summed E-state index contributed by atoms with van der Waals surface area (Å²) in [7, 11) is 0. The van der Waals surface area contributed by atoms with E-state index in [1.54, 1.807) is 0 Å². The lowest BCUT2D eigenvalue weighted by Gasteiger charge is -2.28. The molecule has 0 radical (unpaired) electrons. The molecule has 1 fully saturated rings. The maximum Gasteiger partial charge on any atom is 0.166 e. The van der Waals surface area contributed by atoms with Crippen LogP contribution in [0.25, 0.3) is 0 Å². The predicted molar refractivity (Wildman–Crippen MR) is 77.5 cm³/mol. The average Bonchev–Trinajstić information content (AvgIpc) is 2.95. The molecule has 1 unspecified atom stereocenters. The summed E-state index contributed by atoms with van der Waals surface area (Å²) in [5, 5.41) is 0. The zero-order valence-corrected chi connectivity index (χ0v) is 12.1. The Morgan fingerprint density at radius 1 is 1.30 bits per heavy atom. The fraction of sp³-hybridized carbons (Fsp3) is 0.625. The second kappa shape index (κ2) is 6.46. The van der Waals surface area contributed by atoms with Crippen LogP contribution in [-0.2, 0) is 4.74 Å². The van der Waals surface area contributed by atoms with Gasteiger partial charge in [-0.1, -0.05) is 12.1 Å². The first-order valence-corrected chi connectivity index (χ1v) is 7.60. The van der Waals surface area contributed by atoms with Crippen molar-refractivity contribution < 1.29 is 14.2 Å². The molecule has 2 aliphatic heterocycles. The summed E-state index contributed by atoms with van der Waals surface area (Å²) in [6.45, 7) is 7.06. The molecule has 1 aromatic carbocycles. The maximum atomic E-state index is 5.86. The Balaban J connectivity index is 1.77. The van der Waals surface area contributed by atoms with Crippen LogP contribution in [-0.4, -0.2) is 44.4 Å². The second-order valence-corrected chi connectivity index (χ2v) is 5.26. The van der Waals surface area contributed by atoms with Gasteiger partial charge in [0.2, 0.25) is 0 Å². The molecule has 0 aromatic heterocycles. The molecule has 3 rings (SSSR count). The van der Waals surface area contributed by atoms with Crippen molar-refractivity contribution in [3.05, 3.63) is 23.8 Å². The third-order valence-corrected chi connectivity index (χ3v) is 4.05. The Morgan fingerprint density at radius 3 is 3.10 bits per heavy atom. The van der Waals surface area contributed by atoms with E-state index in [4.69, 9.17) is 14.2 Å². The molecule has 0 aliphatic carbocycles. The average molecular weight is 277 g/mol. The Bertz CT molecular complexity index is 449. The van der Waals surface area contributed by atoms with Gasteiger partial charge in [-0.05, 0) is 32.4 Å². The van der Waals surface area contributed by atoms with E-state index in [-0.39, 0.29) is 0 Å². The first-order chi connectivity index (χ1) is 9.90. The Hall–Kier alpha value is -1.26. The molecular formula is C16H23NO3. The van der Waals surface area contributed by atoms with Crippen molar-refractivity contribution in [2.75, 3.05) is 39.5 Å². The topological polar surface area (TPSA) is 30.9 Å². The number of hydrogen-bond acceptors (Lipinski definition) is 4. The van der Waals surface area contributed by atoms with Gasteiger partial charge in [0.15, 0.2) is 11.5 Å². The lowest BCUT2D eigenvalue weighted by Crippen LogP contribution is -2.28. The Morgan fingerprint density at radius 2 is 2.20 bits per heavy atom. The van der Waals surface area contributed by atoms with Gasteiger partial charge in [0, 0.05) is 24.8 Å². The molecule has 4 heteroatoms. The summed E-state index contributed by atoms with van der Waals surface area (Å²) in [5.41, 5.74) is 1.27. The van der Waals surface area contributed by atoms with E-state index in [1.165, 1.54) is 18.4 Å². The molecule has 0 N–H and O–H groups in total. The Labute approximate surface area is 120 Å². The highest BCUT2D eigenvalue weighted by Crippen LogP contribution is 2.42. The molecule has 1 aromatic rings. The van der Waals surface area contributed by atoms with Crippen LogP contribution in [0, 0.1) is 0 Å². The van der Waals surface area contributed by atoms with Gasteiger partial charge in [-0.25, -0.2) is 0 Å². The molecule has 20 heavy (non-hydrogen) atoms. The summed E-state index contributed by atoms with van der Waals surface area (Å²) >= 11 is 0. The van der Waals surface area contributed by atoms with Gasteiger partial charge in [0.25, 0.3) is 0 Å². The normalized spacial score (nSPS) is 22.1. The van der Waals surface area contributed by atoms with E-state index in [9.17, 15) is 0 Å². The molecule has 1 saturated heterocycles.